The Bertz CT molecular complexity index is 755. The van der Waals surface area contributed by atoms with E-state index in [1.54, 1.807) is 6.20 Å². The third kappa shape index (κ3) is 3.30. The van der Waals surface area contributed by atoms with Crippen molar-refractivity contribution in [3.63, 3.8) is 0 Å². The topological polar surface area (TPSA) is 68.0 Å². The quantitative estimate of drug-likeness (QED) is 0.908. The number of hydrogen-bond donors (Lipinski definition) is 1. The highest BCUT2D eigenvalue weighted by atomic mass is 16.5. The Hall–Kier alpha value is -1.91. The van der Waals surface area contributed by atoms with Crippen molar-refractivity contribution < 1.29 is 9.32 Å². The molecule has 4 rings (SSSR count). The summed E-state index contributed by atoms with van der Waals surface area (Å²) in [6, 6.07) is 2.23. The molecule has 128 valence electrons. The van der Waals surface area contributed by atoms with Gasteiger partial charge in [-0.3, -0.25) is 4.79 Å². The van der Waals surface area contributed by atoms with Crippen molar-refractivity contribution in [2.24, 2.45) is 17.3 Å². The number of carbonyl (C=O) groups is 1. The van der Waals surface area contributed by atoms with E-state index in [0.717, 1.165) is 17.5 Å². The smallest absolute Gasteiger partial charge is 0.257 e. The van der Waals surface area contributed by atoms with Gasteiger partial charge in [0, 0.05) is 12.2 Å². The summed E-state index contributed by atoms with van der Waals surface area (Å²) in [6.45, 7) is 6.48. The average Bonchev–Trinajstić information content (AvgIpc) is 3.42. The van der Waals surface area contributed by atoms with E-state index < -0.39 is 0 Å². The maximum absolute atomic E-state index is 12.7. The summed E-state index contributed by atoms with van der Waals surface area (Å²) >= 11 is 0. The van der Waals surface area contributed by atoms with E-state index in [1.165, 1.54) is 25.7 Å². The van der Waals surface area contributed by atoms with Gasteiger partial charge in [-0.2, -0.15) is 0 Å². The molecule has 5 heteroatoms. The predicted molar refractivity (Wildman–Crippen MR) is 91.7 cm³/mol. The predicted octanol–water partition coefficient (Wildman–Crippen LogP) is 3.73. The molecule has 24 heavy (non-hydrogen) atoms. The molecule has 0 saturated heterocycles. The molecule has 0 aromatic carbocycles. The molecular formula is C19H25N3O2. The molecule has 1 N–H and O–H groups in total. The number of rotatable bonds is 5. The second kappa shape index (κ2) is 5.57. The van der Waals surface area contributed by atoms with Gasteiger partial charge in [0.15, 0.2) is 0 Å². The van der Waals surface area contributed by atoms with Crippen LogP contribution in [0.25, 0.3) is 11.1 Å². The Labute approximate surface area is 142 Å². The van der Waals surface area contributed by atoms with Crippen LogP contribution >= 0.6 is 0 Å². The molecule has 0 atom stereocenters. The zero-order valence-corrected chi connectivity index (χ0v) is 14.6. The van der Waals surface area contributed by atoms with E-state index in [9.17, 15) is 4.79 Å². The highest BCUT2D eigenvalue weighted by molar-refractivity contribution is 5.97. The summed E-state index contributed by atoms with van der Waals surface area (Å²) in [5.41, 5.74) is 2.09. The molecule has 5 nitrogen and oxygen atoms in total. The Balaban J connectivity index is 1.57. The number of carbonyl (C=O) groups excluding carboxylic acids is 1. The lowest BCUT2D eigenvalue weighted by Crippen LogP contribution is -2.38. The van der Waals surface area contributed by atoms with Gasteiger partial charge in [-0.1, -0.05) is 25.9 Å². The van der Waals surface area contributed by atoms with Gasteiger partial charge < -0.3 is 9.84 Å². The van der Waals surface area contributed by atoms with Gasteiger partial charge in [0.25, 0.3) is 11.6 Å². The minimum Gasteiger partial charge on any atom is -0.349 e. The van der Waals surface area contributed by atoms with E-state index >= 15 is 0 Å². The Morgan fingerprint density at radius 1 is 1.29 bits per heavy atom. The molecule has 2 heterocycles. The van der Waals surface area contributed by atoms with Crippen LogP contribution in [0.15, 0.2) is 16.8 Å². The standard InChI is InChI=1S/C19H25N3O2/c1-19(2,3)9-15-14-8-13(10-20-18(14)24-22-15)17(23)21-16(11-4-5-11)12-6-7-12/h8,10-12,16H,4-7,9H2,1-3H3,(H,21,23). The van der Waals surface area contributed by atoms with Gasteiger partial charge in [-0.05, 0) is 55.4 Å². The number of aromatic nitrogens is 2. The Morgan fingerprint density at radius 2 is 1.96 bits per heavy atom. The zero-order chi connectivity index (χ0) is 16.9. The van der Waals surface area contributed by atoms with Crippen molar-refractivity contribution in [1.29, 1.82) is 0 Å². The molecule has 1 amide bonds. The number of hydrogen-bond acceptors (Lipinski definition) is 4. The Morgan fingerprint density at radius 3 is 2.54 bits per heavy atom. The molecular weight excluding hydrogens is 302 g/mol. The molecule has 0 spiro atoms. The van der Waals surface area contributed by atoms with Crippen LogP contribution in [0.5, 0.6) is 0 Å². The zero-order valence-electron chi connectivity index (χ0n) is 14.6. The number of nitrogens with one attached hydrogen (secondary N) is 1. The summed E-state index contributed by atoms with van der Waals surface area (Å²) < 4.78 is 5.31. The van der Waals surface area contributed by atoms with Gasteiger partial charge in [-0.15, -0.1) is 0 Å². The van der Waals surface area contributed by atoms with Gasteiger partial charge in [-0.25, -0.2) is 4.98 Å². The second-order valence-electron chi connectivity index (χ2n) is 8.62. The minimum absolute atomic E-state index is 0.0175. The van der Waals surface area contributed by atoms with Crippen molar-refractivity contribution in [3.8, 4) is 0 Å². The van der Waals surface area contributed by atoms with E-state index in [0.29, 0.717) is 29.2 Å². The van der Waals surface area contributed by atoms with E-state index in [2.05, 4.69) is 36.2 Å². The first-order chi connectivity index (χ1) is 11.4. The van der Waals surface area contributed by atoms with Crippen LogP contribution in [0, 0.1) is 17.3 Å². The highest BCUT2D eigenvalue weighted by Gasteiger charge is 2.42. The molecule has 0 unspecified atom stereocenters. The minimum atomic E-state index is -0.0175. The van der Waals surface area contributed by atoms with E-state index in [1.807, 2.05) is 6.07 Å². The first-order valence-electron chi connectivity index (χ1n) is 8.96. The summed E-state index contributed by atoms with van der Waals surface area (Å²) in [5.74, 6) is 1.35. The van der Waals surface area contributed by atoms with Crippen molar-refractivity contribution in [2.45, 2.75) is 58.9 Å². The lowest BCUT2D eigenvalue weighted by Gasteiger charge is -2.17. The fourth-order valence-electron chi connectivity index (χ4n) is 3.40. The summed E-state index contributed by atoms with van der Waals surface area (Å²) in [6.07, 6.45) is 7.39. The average molecular weight is 327 g/mol. The van der Waals surface area contributed by atoms with Gasteiger partial charge in [0.2, 0.25) is 0 Å². The number of nitrogens with zero attached hydrogens (tertiary/aromatic N) is 2. The van der Waals surface area contributed by atoms with Crippen molar-refractivity contribution >= 4 is 17.0 Å². The molecule has 2 aliphatic carbocycles. The molecule has 2 aromatic heterocycles. The van der Waals surface area contributed by atoms with Crippen LogP contribution in [0.1, 0.15) is 62.5 Å². The lowest BCUT2D eigenvalue weighted by atomic mass is 9.90. The van der Waals surface area contributed by atoms with E-state index in [4.69, 9.17) is 4.52 Å². The second-order valence-corrected chi connectivity index (χ2v) is 8.62. The fraction of sp³-hybridized carbons (Fsp3) is 0.632. The van der Waals surface area contributed by atoms with Crippen LogP contribution in [-0.2, 0) is 6.42 Å². The van der Waals surface area contributed by atoms with Gasteiger partial charge in [0.1, 0.15) is 0 Å². The van der Waals surface area contributed by atoms with Crippen molar-refractivity contribution in [3.05, 3.63) is 23.5 Å². The third-order valence-corrected chi connectivity index (χ3v) is 4.92. The Kier molecular flexibility index (Phi) is 3.62. The molecule has 2 aromatic rings. The van der Waals surface area contributed by atoms with E-state index in [-0.39, 0.29) is 11.3 Å². The monoisotopic (exact) mass is 327 g/mol. The normalized spacial score (nSPS) is 18.3. The van der Waals surface area contributed by atoms with Crippen LogP contribution in [0.3, 0.4) is 0 Å². The number of pyridine rings is 1. The molecule has 2 aliphatic rings. The molecule has 0 bridgehead atoms. The summed E-state index contributed by atoms with van der Waals surface area (Å²) in [5, 5.41) is 8.25. The summed E-state index contributed by atoms with van der Waals surface area (Å²) in [7, 11) is 0. The van der Waals surface area contributed by atoms with Gasteiger partial charge in [0.05, 0.1) is 16.6 Å². The summed E-state index contributed by atoms with van der Waals surface area (Å²) in [4.78, 5) is 17.0. The van der Waals surface area contributed by atoms with Crippen LogP contribution in [0.2, 0.25) is 0 Å². The maximum atomic E-state index is 12.7. The lowest BCUT2D eigenvalue weighted by molar-refractivity contribution is 0.0926. The molecule has 0 radical (unpaired) electrons. The SMILES string of the molecule is CC(C)(C)Cc1noc2ncc(C(=O)NC(C3CC3)C3CC3)cc12. The fourth-order valence-corrected chi connectivity index (χ4v) is 3.40. The molecule has 2 saturated carbocycles. The third-order valence-electron chi connectivity index (χ3n) is 4.92. The number of fused-ring (bicyclic) bond motifs is 1. The largest absolute Gasteiger partial charge is 0.349 e. The van der Waals surface area contributed by atoms with Crippen LogP contribution in [0.4, 0.5) is 0 Å². The first-order valence-corrected chi connectivity index (χ1v) is 8.96. The maximum Gasteiger partial charge on any atom is 0.257 e. The van der Waals surface area contributed by atoms with Crippen molar-refractivity contribution in [1.82, 2.24) is 15.5 Å². The first kappa shape index (κ1) is 15.6. The highest BCUT2D eigenvalue weighted by Crippen LogP contribution is 2.44. The van der Waals surface area contributed by atoms with Crippen molar-refractivity contribution in [2.75, 3.05) is 0 Å². The molecule has 2 fully saturated rings. The van der Waals surface area contributed by atoms with Crippen LogP contribution in [-0.4, -0.2) is 22.1 Å². The van der Waals surface area contributed by atoms with Crippen LogP contribution < -0.4 is 5.32 Å². The molecule has 0 aliphatic heterocycles. The number of amides is 1. The van der Waals surface area contributed by atoms with Gasteiger partial charge >= 0.3 is 0 Å².